The second kappa shape index (κ2) is 19.0. The van der Waals surface area contributed by atoms with Crippen LogP contribution in [0.4, 0.5) is 0 Å². The van der Waals surface area contributed by atoms with Crippen molar-refractivity contribution in [1.29, 1.82) is 0 Å². The molecule has 292 valence electrons. The van der Waals surface area contributed by atoms with E-state index in [4.69, 9.17) is 35.1 Å². The van der Waals surface area contributed by atoms with Gasteiger partial charge in [-0.15, -0.1) is 5.10 Å². The summed E-state index contributed by atoms with van der Waals surface area (Å²) < 4.78 is 52.2. The van der Waals surface area contributed by atoms with Gasteiger partial charge in [0.05, 0.1) is 31.2 Å². The van der Waals surface area contributed by atoms with Crippen molar-refractivity contribution in [2.75, 3.05) is 20.3 Å². The molecule has 0 bridgehead atoms. The standard InChI is InChI=1S/C35H36N10O10S/c1-22-11-12-30(38-20-22)56(49,50)42-33(36)32(55-29-10-5-4-9-28(29)51-3)35(39-23(2)26-13-14-37-27(19-26)34-40-43-44-41-34)53-16-15-52-31(46)18-24-7-6-8-25(17-24)21-54-45(47)48/h4-14,17,19-20,42,47-48H,2,15-16,18,21,36H2,1,3H3,(H,40,41,43,44)/b33-32-,39-35+. The fourth-order valence-electron chi connectivity index (χ4n) is 4.70. The number of H-pyrrole nitrogens is 1. The summed E-state index contributed by atoms with van der Waals surface area (Å²) in [5, 5.41) is 30.5. The minimum absolute atomic E-state index is 0.0829. The minimum Gasteiger partial charge on any atom is -0.493 e. The number of esters is 1. The maximum Gasteiger partial charge on any atom is 0.310 e. The summed E-state index contributed by atoms with van der Waals surface area (Å²) >= 11 is 0. The van der Waals surface area contributed by atoms with Crippen LogP contribution in [0.15, 0.2) is 113 Å². The molecule has 0 unspecified atom stereocenters. The van der Waals surface area contributed by atoms with Gasteiger partial charge in [-0.05, 0) is 64.4 Å². The lowest BCUT2D eigenvalue weighted by Crippen LogP contribution is -2.33. The van der Waals surface area contributed by atoms with E-state index in [0.717, 1.165) is 5.56 Å². The second-order valence-electron chi connectivity index (χ2n) is 11.4. The number of aromatic amines is 1. The highest BCUT2D eigenvalue weighted by molar-refractivity contribution is 7.89. The highest BCUT2D eigenvalue weighted by Crippen LogP contribution is 2.29. The summed E-state index contributed by atoms with van der Waals surface area (Å²) in [5.41, 5.74) is 9.17. The van der Waals surface area contributed by atoms with E-state index in [1.807, 2.05) is 0 Å². The number of benzene rings is 2. The van der Waals surface area contributed by atoms with Gasteiger partial charge in [0.2, 0.25) is 5.76 Å². The molecule has 0 atom stereocenters. The Bertz CT molecular complexity index is 2300. The van der Waals surface area contributed by atoms with Crippen LogP contribution in [0.25, 0.3) is 17.2 Å². The third-order valence-electron chi connectivity index (χ3n) is 7.31. The maximum atomic E-state index is 13.4. The van der Waals surface area contributed by atoms with Gasteiger partial charge in [-0.2, -0.15) is 8.42 Å². The number of nitrogens with one attached hydrogen (secondary N) is 2. The number of pyridine rings is 2. The second-order valence-corrected chi connectivity index (χ2v) is 13.0. The monoisotopic (exact) mass is 788 g/mol. The summed E-state index contributed by atoms with van der Waals surface area (Å²) in [6, 6.07) is 19.2. The Labute approximate surface area is 319 Å². The van der Waals surface area contributed by atoms with Crippen molar-refractivity contribution in [1.82, 2.24) is 40.7 Å². The van der Waals surface area contributed by atoms with E-state index >= 15 is 0 Å². The first-order chi connectivity index (χ1) is 26.9. The van der Waals surface area contributed by atoms with E-state index in [1.165, 1.54) is 25.6 Å². The summed E-state index contributed by atoms with van der Waals surface area (Å²) in [7, 11) is -2.96. The van der Waals surface area contributed by atoms with E-state index in [9.17, 15) is 13.2 Å². The lowest BCUT2D eigenvalue weighted by molar-refractivity contribution is -0.497. The molecule has 56 heavy (non-hydrogen) atoms. The number of sulfonamides is 1. The van der Waals surface area contributed by atoms with Crippen LogP contribution in [0.3, 0.4) is 0 Å². The number of carbonyl (C=O) groups is 1. The Kier molecular flexibility index (Phi) is 13.7. The number of nitrogens with zero attached hydrogens (tertiary/aromatic N) is 7. The molecule has 0 saturated heterocycles. The van der Waals surface area contributed by atoms with Crippen LogP contribution in [0.2, 0.25) is 0 Å². The van der Waals surface area contributed by atoms with Gasteiger partial charge >= 0.3 is 5.97 Å². The van der Waals surface area contributed by atoms with Crippen molar-refractivity contribution in [3.8, 4) is 23.0 Å². The topological polar surface area (TPSA) is 272 Å². The number of para-hydroxylation sites is 2. The molecule has 2 aromatic carbocycles. The Balaban J connectivity index is 1.46. The summed E-state index contributed by atoms with van der Waals surface area (Å²) in [6.45, 7) is 5.03. The van der Waals surface area contributed by atoms with Crippen molar-refractivity contribution in [3.63, 3.8) is 0 Å². The van der Waals surface area contributed by atoms with Gasteiger partial charge in [0.25, 0.3) is 15.9 Å². The zero-order valence-corrected chi connectivity index (χ0v) is 30.7. The number of tetrazole rings is 1. The smallest absolute Gasteiger partial charge is 0.310 e. The fraction of sp³-hybridized carbons (Fsp3) is 0.171. The SMILES string of the molecule is C=C(/N=C(OCCOC(=O)Cc1cccc(CON(O)O)c1)\C(Oc1ccccc1OC)=C(/N)NS(=O)(=O)c1ccc(C)cn1)c1ccnc(-c2nnn[nH]2)c1. The molecule has 3 heterocycles. The van der Waals surface area contributed by atoms with Crippen LogP contribution < -0.4 is 19.9 Å². The summed E-state index contributed by atoms with van der Waals surface area (Å²) in [5.74, 6) is -1.32. The van der Waals surface area contributed by atoms with Gasteiger partial charge in [0.1, 0.15) is 18.9 Å². The average molecular weight is 789 g/mol. The summed E-state index contributed by atoms with van der Waals surface area (Å²) in [6.07, 6.45) is 2.72. The maximum absolute atomic E-state index is 13.4. The van der Waals surface area contributed by atoms with Gasteiger partial charge in [0, 0.05) is 18.0 Å². The Morgan fingerprint density at radius 2 is 1.77 bits per heavy atom. The molecule has 0 amide bonds. The normalized spacial score (nSPS) is 12.1. The van der Waals surface area contributed by atoms with Crippen molar-refractivity contribution >= 4 is 27.6 Å². The van der Waals surface area contributed by atoms with Crippen molar-refractivity contribution in [2.45, 2.75) is 25.0 Å². The van der Waals surface area contributed by atoms with Crippen molar-refractivity contribution < 1.29 is 47.4 Å². The Hall–Kier alpha value is -6.78. The van der Waals surface area contributed by atoms with Crippen LogP contribution >= 0.6 is 0 Å². The molecule has 20 nitrogen and oxygen atoms in total. The number of ether oxygens (including phenoxy) is 4. The zero-order chi connectivity index (χ0) is 40.1. The summed E-state index contributed by atoms with van der Waals surface area (Å²) in [4.78, 5) is 30.2. The third kappa shape index (κ3) is 11.4. The Morgan fingerprint density at radius 1 is 1.00 bits per heavy atom. The zero-order valence-electron chi connectivity index (χ0n) is 29.9. The molecule has 0 radical (unpaired) electrons. The molecular formula is C35H36N10O10S. The van der Waals surface area contributed by atoms with E-state index in [0.29, 0.717) is 22.4 Å². The van der Waals surface area contributed by atoms with E-state index in [1.54, 1.807) is 73.7 Å². The van der Waals surface area contributed by atoms with E-state index in [-0.39, 0.29) is 60.2 Å². The molecule has 0 aliphatic carbocycles. The van der Waals surface area contributed by atoms with Gasteiger partial charge < -0.3 is 24.7 Å². The molecule has 0 fully saturated rings. The van der Waals surface area contributed by atoms with Crippen LogP contribution in [-0.2, 0) is 42.2 Å². The highest BCUT2D eigenvalue weighted by Gasteiger charge is 2.25. The molecular weight excluding hydrogens is 753 g/mol. The number of aliphatic imine (C=N–C) groups is 1. The molecule has 6 N–H and O–H groups in total. The number of aromatic nitrogens is 6. The van der Waals surface area contributed by atoms with Crippen LogP contribution in [0.5, 0.6) is 11.5 Å². The van der Waals surface area contributed by atoms with Gasteiger partial charge in [0.15, 0.2) is 28.2 Å². The number of aryl methyl sites for hydroxylation is 1. The van der Waals surface area contributed by atoms with Crippen LogP contribution in [0.1, 0.15) is 22.3 Å². The van der Waals surface area contributed by atoms with Crippen molar-refractivity contribution in [2.24, 2.45) is 10.7 Å². The Morgan fingerprint density at radius 3 is 2.48 bits per heavy atom. The van der Waals surface area contributed by atoms with E-state index < -0.39 is 33.0 Å². The predicted molar refractivity (Wildman–Crippen MR) is 195 cm³/mol. The van der Waals surface area contributed by atoms with Gasteiger partial charge in [-0.3, -0.25) is 24.9 Å². The number of rotatable bonds is 18. The molecule has 5 rings (SSSR count). The molecule has 5 aromatic rings. The fourth-order valence-corrected chi connectivity index (χ4v) is 5.63. The lowest BCUT2D eigenvalue weighted by Gasteiger charge is -2.19. The van der Waals surface area contributed by atoms with Crippen molar-refractivity contribution in [3.05, 3.63) is 126 Å². The molecule has 0 aliphatic rings. The number of carbonyl (C=O) groups excluding carboxylic acids is 1. The first-order valence-electron chi connectivity index (χ1n) is 16.3. The number of hydrogen-bond donors (Lipinski definition) is 5. The third-order valence-corrected chi connectivity index (χ3v) is 8.59. The molecule has 0 aliphatic heterocycles. The highest BCUT2D eigenvalue weighted by atomic mass is 32.2. The van der Waals surface area contributed by atoms with Gasteiger partial charge in [-0.1, -0.05) is 49.0 Å². The lowest BCUT2D eigenvalue weighted by atomic mass is 10.1. The number of methoxy groups -OCH3 is 1. The quantitative estimate of drug-likeness (QED) is 0.0213. The van der Waals surface area contributed by atoms with E-state index in [2.05, 4.69) is 51.7 Å². The first-order valence-corrected chi connectivity index (χ1v) is 17.8. The van der Waals surface area contributed by atoms with Gasteiger partial charge in [-0.25, -0.2) is 19.9 Å². The largest absolute Gasteiger partial charge is 0.493 e. The first kappa shape index (κ1) is 40.4. The molecule has 21 heteroatoms. The predicted octanol–water partition coefficient (Wildman–Crippen LogP) is 2.84. The molecule has 3 aromatic heterocycles. The molecule has 0 spiro atoms. The van der Waals surface area contributed by atoms with Crippen LogP contribution in [0, 0.1) is 6.92 Å². The number of hydrogen-bond acceptors (Lipinski definition) is 18. The minimum atomic E-state index is -4.37. The number of nitrogens with two attached hydrogens (primary N) is 1. The van der Waals surface area contributed by atoms with Crippen LogP contribution in [-0.4, -0.2) is 87.0 Å². The average Bonchev–Trinajstić information content (AvgIpc) is 3.73. The molecule has 0 saturated carbocycles.